The largest absolute Gasteiger partial charge is 0.457 e. The summed E-state index contributed by atoms with van der Waals surface area (Å²) >= 11 is 0. The molecule has 12 nitrogen and oxygen atoms in total. The van der Waals surface area contributed by atoms with E-state index >= 15 is 0 Å². The van der Waals surface area contributed by atoms with Crippen LogP contribution in [0.15, 0.2) is 146 Å². The fourth-order valence-electron chi connectivity index (χ4n) is 6.68. The molecule has 0 aliphatic carbocycles. The fraction of sp³-hybridized carbons (Fsp3) is 0.561. The lowest BCUT2D eigenvalue weighted by Crippen LogP contribution is -2.60. The molecule has 0 bridgehead atoms. The molecule has 0 radical (unpaired) electrons. The third-order valence-electron chi connectivity index (χ3n) is 10.5. The van der Waals surface area contributed by atoms with Crippen molar-refractivity contribution in [1.82, 2.24) is 0 Å². The minimum atomic E-state index is -5.09. The normalized spacial score (nSPS) is 20.3. The molecule has 1 fully saturated rings. The number of carbonyl (C=O) groups excluding carboxylic acids is 1. The molecule has 0 aromatic heterocycles. The van der Waals surface area contributed by atoms with Crippen LogP contribution in [0.5, 0.6) is 0 Å². The van der Waals surface area contributed by atoms with Crippen LogP contribution in [0.3, 0.4) is 0 Å². The summed E-state index contributed by atoms with van der Waals surface area (Å²) in [5, 5.41) is 30.8. The van der Waals surface area contributed by atoms with Crippen molar-refractivity contribution in [3.05, 3.63) is 146 Å². The lowest BCUT2D eigenvalue weighted by molar-refractivity contribution is -0.301. The number of hydrogen-bond acceptors (Lipinski definition) is 11. The van der Waals surface area contributed by atoms with Gasteiger partial charge in [0.15, 0.2) is 6.29 Å². The molecule has 394 valence electrons. The molecule has 1 aliphatic heterocycles. The predicted molar refractivity (Wildman–Crippen MR) is 284 cm³/mol. The van der Waals surface area contributed by atoms with E-state index in [2.05, 4.69) is 164 Å². The van der Waals surface area contributed by atoms with E-state index in [1.54, 1.807) is 0 Å². The summed E-state index contributed by atoms with van der Waals surface area (Å²) in [6.45, 7) is 3.58. The van der Waals surface area contributed by atoms with E-state index in [9.17, 15) is 33.1 Å². The van der Waals surface area contributed by atoms with E-state index in [0.717, 1.165) is 116 Å². The molecule has 0 saturated carbocycles. The zero-order chi connectivity index (χ0) is 51.0. The third-order valence-corrected chi connectivity index (χ3v) is 10.9. The second-order valence-electron chi connectivity index (χ2n) is 16.6. The summed E-state index contributed by atoms with van der Waals surface area (Å²) < 4.78 is 59.1. The van der Waals surface area contributed by atoms with Crippen molar-refractivity contribution >= 4 is 16.4 Å². The Kier molecular flexibility index (Phi) is 42.1. The van der Waals surface area contributed by atoms with Gasteiger partial charge in [0.2, 0.25) is 0 Å². The van der Waals surface area contributed by atoms with E-state index < -0.39 is 59.8 Å². The number of aliphatic hydroxyl groups is 3. The predicted octanol–water partition coefficient (Wildman–Crippen LogP) is 12.1. The maximum absolute atomic E-state index is 12.9. The quantitative estimate of drug-likeness (QED) is 0.0197. The third kappa shape index (κ3) is 38.7. The van der Waals surface area contributed by atoms with Gasteiger partial charge >= 0.3 is 16.4 Å². The zero-order valence-electron chi connectivity index (χ0n) is 42.3. The van der Waals surface area contributed by atoms with E-state index in [0.29, 0.717) is 13.0 Å². The van der Waals surface area contributed by atoms with Gasteiger partial charge < -0.3 is 34.3 Å². The van der Waals surface area contributed by atoms with Crippen LogP contribution in [0.2, 0.25) is 0 Å². The van der Waals surface area contributed by atoms with E-state index in [-0.39, 0.29) is 19.6 Å². The Morgan fingerprint density at radius 3 is 1.34 bits per heavy atom. The summed E-state index contributed by atoms with van der Waals surface area (Å²) in [7, 11) is -5.09. The van der Waals surface area contributed by atoms with Crippen LogP contribution in [0.1, 0.15) is 142 Å². The Balaban J connectivity index is 2.45. The fourth-order valence-corrected chi connectivity index (χ4v) is 7.19. The van der Waals surface area contributed by atoms with Gasteiger partial charge in [0.25, 0.3) is 0 Å². The van der Waals surface area contributed by atoms with Crippen molar-refractivity contribution < 1.29 is 56.2 Å². The van der Waals surface area contributed by atoms with Crippen LogP contribution < -0.4 is 0 Å². The number of rotatable bonds is 42. The van der Waals surface area contributed by atoms with Gasteiger partial charge in [0.1, 0.15) is 30.5 Å². The second kappa shape index (κ2) is 46.1. The van der Waals surface area contributed by atoms with E-state index in [1.807, 2.05) is 0 Å². The average molecular weight is 997 g/mol. The highest BCUT2D eigenvalue weighted by molar-refractivity contribution is 7.80. The number of hydrogen-bond donors (Lipinski definition) is 4. The molecule has 1 saturated heterocycles. The SMILES string of the molecule is CC/C=C\C/C=C\C/C=C\C/C=C\C/C=C\C/C=C\C/C=C\CCCCCC(=O)OC(COCCCC/C=C\C/C=C\C/C=C\C/C=C\C/C=C\CC)COC1OC(CO)C(O)C(OS(=O)(=O)O)C1O. The van der Waals surface area contributed by atoms with Gasteiger partial charge in [0, 0.05) is 13.0 Å². The Morgan fingerprint density at radius 1 is 0.543 bits per heavy atom. The highest BCUT2D eigenvalue weighted by Gasteiger charge is 2.48. The minimum absolute atomic E-state index is 0.0191. The van der Waals surface area contributed by atoms with Gasteiger partial charge in [0.05, 0.1) is 19.8 Å². The van der Waals surface area contributed by atoms with E-state index in [1.165, 1.54) is 0 Å². The number of ether oxygens (including phenoxy) is 4. The van der Waals surface area contributed by atoms with Crippen LogP contribution in [-0.4, -0.2) is 97.5 Å². The molecule has 6 unspecified atom stereocenters. The molecule has 1 rings (SSSR count). The first kappa shape index (κ1) is 64.0. The molecule has 70 heavy (non-hydrogen) atoms. The van der Waals surface area contributed by atoms with Crippen molar-refractivity contribution in [3.8, 4) is 0 Å². The van der Waals surface area contributed by atoms with Crippen molar-refractivity contribution in [3.63, 3.8) is 0 Å². The van der Waals surface area contributed by atoms with E-state index in [4.69, 9.17) is 18.9 Å². The maximum Gasteiger partial charge on any atom is 0.397 e. The van der Waals surface area contributed by atoms with Crippen LogP contribution in [-0.2, 0) is 38.3 Å². The molecule has 0 aromatic rings. The van der Waals surface area contributed by atoms with Crippen molar-refractivity contribution in [1.29, 1.82) is 0 Å². The van der Waals surface area contributed by atoms with Gasteiger partial charge in [-0.2, -0.15) is 8.42 Å². The van der Waals surface area contributed by atoms with Gasteiger partial charge in [-0.1, -0.05) is 166 Å². The van der Waals surface area contributed by atoms with Crippen LogP contribution in [0, 0.1) is 0 Å². The molecule has 0 amide bonds. The average Bonchev–Trinajstić information content (AvgIpc) is 3.34. The van der Waals surface area contributed by atoms with Crippen molar-refractivity contribution in [2.24, 2.45) is 0 Å². The molecular weight excluding hydrogens is 909 g/mol. The molecule has 13 heteroatoms. The molecule has 1 heterocycles. The number of aliphatic hydroxyl groups excluding tert-OH is 3. The van der Waals surface area contributed by atoms with Crippen LogP contribution >= 0.6 is 0 Å². The van der Waals surface area contributed by atoms with Gasteiger partial charge in [-0.05, 0) is 116 Å². The molecule has 6 atom stereocenters. The maximum atomic E-state index is 12.9. The summed E-state index contributed by atoms with van der Waals surface area (Å²) in [5.41, 5.74) is 0. The molecule has 4 N–H and O–H groups in total. The first-order chi connectivity index (χ1) is 34.1. The number of esters is 1. The monoisotopic (exact) mass is 997 g/mol. The topological polar surface area (TPSA) is 178 Å². The van der Waals surface area contributed by atoms with Crippen LogP contribution in [0.4, 0.5) is 0 Å². The van der Waals surface area contributed by atoms with Gasteiger partial charge in [-0.15, -0.1) is 0 Å². The molecule has 0 aromatic carbocycles. The summed E-state index contributed by atoms with van der Waals surface area (Å²) in [4.78, 5) is 12.9. The lowest BCUT2D eigenvalue weighted by Gasteiger charge is -2.41. The summed E-state index contributed by atoms with van der Waals surface area (Å²) in [5.74, 6) is -0.454. The van der Waals surface area contributed by atoms with Crippen LogP contribution in [0.25, 0.3) is 0 Å². The first-order valence-corrected chi connectivity index (χ1v) is 27.0. The summed E-state index contributed by atoms with van der Waals surface area (Å²) in [6, 6.07) is 0. The molecule has 0 spiro atoms. The highest BCUT2D eigenvalue weighted by atomic mass is 32.3. The smallest absolute Gasteiger partial charge is 0.397 e. The standard InChI is InChI=1S/C57H88O12S/c1-3-5-7-9-11-13-15-17-19-21-23-24-25-26-27-28-29-30-32-34-36-38-40-42-44-46-53(59)67-51(50-66-57-55(61)56(69-70(62,63)64)54(60)52(48-58)68-57)49-65-47-45-43-41-39-37-35-33-31-22-20-18-16-14-12-10-8-6-4-2/h5-8,11-14,17-20,23-24,26-27,29-31,33-34,36-37,39,51-52,54-58,60-61H,3-4,9-10,15-16,21-22,25,28,32,35,38,40-50H2,1-2H3,(H,62,63,64)/b7-5-,8-6-,13-11-,14-12-,19-17-,20-18-,24-23-,27-26-,30-29-,33-31-,36-34-,39-37-. The number of allylic oxidation sites excluding steroid dienone is 24. The zero-order valence-corrected chi connectivity index (χ0v) is 43.1. The molecule has 1 aliphatic rings. The number of carbonyl (C=O) groups is 1. The minimum Gasteiger partial charge on any atom is -0.457 e. The Morgan fingerprint density at radius 2 is 0.943 bits per heavy atom. The van der Waals surface area contributed by atoms with Gasteiger partial charge in [-0.25, -0.2) is 4.18 Å². The van der Waals surface area contributed by atoms with Crippen molar-refractivity contribution in [2.75, 3.05) is 26.4 Å². The summed E-state index contributed by atoms with van der Waals surface area (Å²) in [6.07, 6.45) is 60.2. The Labute approximate surface area is 422 Å². The first-order valence-electron chi connectivity index (χ1n) is 25.6. The lowest BCUT2D eigenvalue weighted by atomic mass is 9.99. The number of unbranched alkanes of at least 4 members (excludes halogenated alkanes) is 5. The van der Waals surface area contributed by atoms with Crippen molar-refractivity contribution in [2.45, 2.75) is 179 Å². The second-order valence-corrected chi connectivity index (χ2v) is 17.7. The Hall–Kier alpha value is -4.02. The molecular formula is C57H88O12S. The Bertz CT molecular complexity index is 1770. The highest BCUT2D eigenvalue weighted by Crippen LogP contribution is 2.26. The van der Waals surface area contributed by atoms with Gasteiger partial charge in [-0.3, -0.25) is 9.35 Å².